The van der Waals surface area contributed by atoms with Gasteiger partial charge in [-0.1, -0.05) is 0 Å². The van der Waals surface area contributed by atoms with Crippen molar-refractivity contribution in [1.82, 2.24) is 19.6 Å². The van der Waals surface area contributed by atoms with Gasteiger partial charge in [0.2, 0.25) is 0 Å². The second-order valence-electron chi connectivity index (χ2n) is 3.28. The molecule has 0 radical (unpaired) electrons. The predicted octanol–water partition coefficient (Wildman–Crippen LogP) is 0.0917. The number of rotatable bonds is 2. The lowest BCUT2D eigenvalue weighted by Crippen LogP contribution is -2.17. The molecular formula is C10H10N4O3. The monoisotopic (exact) mass is 234 g/mol. The van der Waals surface area contributed by atoms with Crippen molar-refractivity contribution in [3.05, 3.63) is 35.9 Å². The SMILES string of the molecule is COC(=O)c1ccn(C(=O)c2ccnn2C)n1. The Balaban J connectivity index is 2.30. The van der Waals surface area contributed by atoms with Gasteiger partial charge in [0, 0.05) is 19.4 Å². The number of aryl methyl sites for hydroxylation is 1. The van der Waals surface area contributed by atoms with Gasteiger partial charge in [0.25, 0.3) is 5.91 Å². The smallest absolute Gasteiger partial charge is 0.358 e. The molecule has 17 heavy (non-hydrogen) atoms. The maximum atomic E-state index is 11.9. The summed E-state index contributed by atoms with van der Waals surface area (Å²) in [4.78, 5) is 23.1. The summed E-state index contributed by atoms with van der Waals surface area (Å²) in [5.41, 5.74) is 0.465. The third-order valence-electron chi connectivity index (χ3n) is 2.23. The van der Waals surface area contributed by atoms with Crippen molar-refractivity contribution < 1.29 is 14.3 Å². The molecule has 0 saturated carbocycles. The van der Waals surface area contributed by atoms with Crippen molar-refractivity contribution in [2.24, 2.45) is 7.05 Å². The van der Waals surface area contributed by atoms with E-state index in [1.807, 2.05) is 0 Å². The Hall–Kier alpha value is -2.44. The van der Waals surface area contributed by atoms with Gasteiger partial charge in [0.1, 0.15) is 5.69 Å². The summed E-state index contributed by atoms with van der Waals surface area (Å²) in [6.45, 7) is 0. The fraction of sp³-hybridized carbons (Fsp3) is 0.200. The summed E-state index contributed by atoms with van der Waals surface area (Å²) in [7, 11) is 2.91. The van der Waals surface area contributed by atoms with Crippen LogP contribution in [-0.4, -0.2) is 38.5 Å². The Bertz CT molecular complexity index is 570. The van der Waals surface area contributed by atoms with E-state index in [0.717, 1.165) is 4.68 Å². The molecule has 0 fully saturated rings. The molecule has 7 nitrogen and oxygen atoms in total. The van der Waals surface area contributed by atoms with Crippen molar-refractivity contribution in [3.8, 4) is 0 Å². The highest BCUT2D eigenvalue weighted by molar-refractivity contribution is 5.94. The lowest BCUT2D eigenvalue weighted by molar-refractivity contribution is 0.0593. The summed E-state index contributed by atoms with van der Waals surface area (Å²) < 4.78 is 7.01. The molecule has 2 rings (SSSR count). The molecule has 0 atom stereocenters. The third-order valence-corrected chi connectivity index (χ3v) is 2.23. The molecule has 0 spiro atoms. The van der Waals surface area contributed by atoms with E-state index in [1.54, 1.807) is 13.1 Å². The van der Waals surface area contributed by atoms with Gasteiger partial charge < -0.3 is 4.74 Å². The van der Waals surface area contributed by atoms with Crippen LogP contribution in [0.25, 0.3) is 0 Å². The number of hydrogen-bond acceptors (Lipinski definition) is 5. The minimum absolute atomic E-state index is 0.0861. The third kappa shape index (κ3) is 1.94. The van der Waals surface area contributed by atoms with Gasteiger partial charge in [-0.25, -0.2) is 9.48 Å². The topological polar surface area (TPSA) is 79.0 Å². The zero-order chi connectivity index (χ0) is 12.4. The number of hydrogen-bond donors (Lipinski definition) is 0. The standard InChI is InChI=1S/C10H10N4O3/c1-13-8(3-5-11-13)9(15)14-6-4-7(12-14)10(16)17-2/h3-6H,1-2H3. The summed E-state index contributed by atoms with van der Waals surface area (Å²) in [5, 5.41) is 7.71. The van der Waals surface area contributed by atoms with E-state index in [9.17, 15) is 9.59 Å². The Morgan fingerprint density at radius 2 is 2.12 bits per heavy atom. The van der Waals surface area contributed by atoms with Crippen molar-refractivity contribution >= 4 is 11.9 Å². The Morgan fingerprint density at radius 1 is 1.35 bits per heavy atom. The number of carbonyl (C=O) groups is 2. The molecule has 2 aromatic heterocycles. The first-order chi connectivity index (χ1) is 8.13. The molecule has 0 N–H and O–H groups in total. The van der Waals surface area contributed by atoms with Crippen LogP contribution < -0.4 is 0 Å². The van der Waals surface area contributed by atoms with Crippen molar-refractivity contribution in [1.29, 1.82) is 0 Å². The summed E-state index contributed by atoms with van der Waals surface area (Å²) in [6, 6.07) is 2.99. The normalized spacial score (nSPS) is 10.2. The fourth-order valence-electron chi connectivity index (χ4n) is 1.35. The highest BCUT2D eigenvalue weighted by atomic mass is 16.5. The van der Waals surface area contributed by atoms with E-state index in [2.05, 4.69) is 14.9 Å². The lowest BCUT2D eigenvalue weighted by atomic mass is 10.4. The van der Waals surface area contributed by atoms with Gasteiger partial charge in [-0.3, -0.25) is 9.48 Å². The quantitative estimate of drug-likeness (QED) is 0.688. The average molecular weight is 234 g/mol. The number of nitrogens with zero attached hydrogens (tertiary/aromatic N) is 4. The zero-order valence-electron chi connectivity index (χ0n) is 9.32. The molecule has 0 aliphatic heterocycles. The first kappa shape index (κ1) is 11.1. The van der Waals surface area contributed by atoms with Crippen LogP contribution in [0.2, 0.25) is 0 Å². The highest BCUT2D eigenvalue weighted by Gasteiger charge is 2.16. The van der Waals surface area contributed by atoms with Crippen LogP contribution in [0.3, 0.4) is 0 Å². The fourth-order valence-corrected chi connectivity index (χ4v) is 1.35. The average Bonchev–Trinajstić information content (AvgIpc) is 2.95. The highest BCUT2D eigenvalue weighted by Crippen LogP contribution is 2.03. The Kier molecular flexibility index (Phi) is 2.73. The van der Waals surface area contributed by atoms with Crippen LogP contribution in [0.1, 0.15) is 21.0 Å². The molecule has 0 amide bonds. The van der Waals surface area contributed by atoms with E-state index in [0.29, 0.717) is 5.69 Å². The minimum Gasteiger partial charge on any atom is -0.464 e. The number of methoxy groups -OCH3 is 1. The number of carbonyl (C=O) groups excluding carboxylic acids is 2. The molecule has 0 saturated heterocycles. The first-order valence-electron chi connectivity index (χ1n) is 4.80. The maximum absolute atomic E-state index is 11.9. The summed E-state index contributed by atoms with van der Waals surface area (Å²) in [6.07, 6.45) is 2.92. The largest absolute Gasteiger partial charge is 0.464 e. The van der Waals surface area contributed by atoms with Gasteiger partial charge >= 0.3 is 5.97 Å². The van der Waals surface area contributed by atoms with Gasteiger partial charge in [-0.2, -0.15) is 10.2 Å². The van der Waals surface area contributed by atoms with Crippen molar-refractivity contribution in [2.45, 2.75) is 0 Å². The van der Waals surface area contributed by atoms with Gasteiger partial charge in [0.05, 0.1) is 7.11 Å². The molecule has 7 heteroatoms. The van der Waals surface area contributed by atoms with Crippen LogP contribution in [0.5, 0.6) is 0 Å². The Morgan fingerprint density at radius 3 is 2.71 bits per heavy atom. The van der Waals surface area contributed by atoms with Gasteiger partial charge in [-0.05, 0) is 12.1 Å². The number of ether oxygens (including phenoxy) is 1. The Labute approximate surface area is 96.6 Å². The van der Waals surface area contributed by atoms with E-state index in [1.165, 1.54) is 30.3 Å². The van der Waals surface area contributed by atoms with Gasteiger partial charge in [-0.15, -0.1) is 0 Å². The molecule has 2 heterocycles. The van der Waals surface area contributed by atoms with Crippen LogP contribution in [0, 0.1) is 0 Å². The predicted molar refractivity (Wildman–Crippen MR) is 56.5 cm³/mol. The van der Waals surface area contributed by atoms with Crippen LogP contribution in [0.15, 0.2) is 24.5 Å². The van der Waals surface area contributed by atoms with E-state index < -0.39 is 5.97 Å². The van der Waals surface area contributed by atoms with Crippen LogP contribution >= 0.6 is 0 Å². The molecule has 0 bridgehead atoms. The molecule has 0 unspecified atom stereocenters. The molecule has 0 aliphatic carbocycles. The van der Waals surface area contributed by atoms with Crippen LogP contribution in [0.4, 0.5) is 0 Å². The van der Waals surface area contributed by atoms with E-state index in [4.69, 9.17) is 0 Å². The molecule has 88 valence electrons. The van der Waals surface area contributed by atoms with Crippen molar-refractivity contribution in [2.75, 3.05) is 7.11 Å². The first-order valence-corrected chi connectivity index (χ1v) is 4.80. The second-order valence-corrected chi connectivity index (χ2v) is 3.28. The van der Waals surface area contributed by atoms with E-state index >= 15 is 0 Å². The minimum atomic E-state index is -0.582. The second kappa shape index (κ2) is 4.20. The maximum Gasteiger partial charge on any atom is 0.358 e. The van der Waals surface area contributed by atoms with E-state index in [-0.39, 0.29) is 11.6 Å². The number of aromatic nitrogens is 4. The molecule has 0 aromatic carbocycles. The molecule has 2 aromatic rings. The molecular weight excluding hydrogens is 224 g/mol. The van der Waals surface area contributed by atoms with Crippen molar-refractivity contribution in [3.63, 3.8) is 0 Å². The van der Waals surface area contributed by atoms with Crippen LogP contribution in [-0.2, 0) is 11.8 Å². The summed E-state index contributed by atoms with van der Waals surface area (Å²) >= 11 is 0. The lowest BCUT2D eigenvalue weighted by Gasteiger charge is -2.00. The van der Waals surface area contributed by atoms with Gasteiger partial charge in [0.15, 0.2) is 5.69 Å². The summed E-state index contributed by atoms with van der Waals surface area (Å²) in [5.74, 6) is -0.943. The number of esters is 1. The zero-order valence-corrected chi connectivity index (χ0v) is 9.32. The molecule has 0 aliphatic rings.